The largest absolute Gasteiger partial charge is 0.376 e. The third kappa shape index (κ3) is 5.85. The molecule has 0 bridgehead atoms. The quantitative estimate of drug-likeness (QED) is 0.679. The van der Waals surface area contributed by atoms with Gasteiger partial charge in [-0.3, -0.25) is 9.59 Å². The number of carbonyl (C=O) groups excluding carboxylic acids is 2. The van der Waals surface area contributed by atoms with Gasteiger partial charge in [-0.15, -0.1) is 0 Å². The zero-order valence-electron chi connectivity index (χ0n) is 14.4. The van der Waals surface area contributed by atoms with E-state index in [1.54, 1.807) is 18.2 Å². The van der Waals surface area contributed by atoms with Gasteiger partial charge in [-0.1, -0.05) is 13.0 Å². The van der Waals surface area contributed by atoms with Crippen LogP contribution >= 0.6 is 0 Å². The van der Waals surface area contributed by atoms with Crippen LogP contribution in [0.1, 0.15) is 43.5 Å². The lowest BCUT2D eigenvalue weighted by Crippen LogP contribution is -2.35. The number of rotatable bonds is 8. The molecule has 1 heterocycles. The van der Waals surface area contributed by atoms with E-state index in [9.17, 15) is 9.59 Å². The van der Waals surface area contributed by atoms with E-state index in [0.29, 0.717) is 12.1 Å². The van der Waals surface area contributed by atoms with Crippen LogP contribution in [0.3, 0.4) is 0 Å². The van der Waals surface area contributed by atoms with Crippen molar-refractivity contribution in [3.05, 3.63) is 29.8 Å². The Morgan fingerprint density at radius 2 is 2.21 bits per heavy atom. The van der Waals surface area contributed by atoms with Crippen LogP contribution in [0.15, 0.2) is 24.3 Å². The number of hydrogen-bond acceptors (Lipinski definition) is 4. The molecule has 2 amide bonds. The van der Waals surface area contributed by atoms with Gasteiger partial charge < -0.3 is 20.7 Å². The van der Waals surface area contributed by atoms with Gasteiger partial charge in [0.15, 0.2) is 0 Å². The number of carbonyl (C=O) groups is 2. The maximum absolute atomic E-state index is 12.1. The van der Waals surface area contributed by atoms with Crippen molar-refractivity contribution in [3.8, 4) is 0 Å². The summed E-state index contributed by atoms with van der Waals surface area (Å²) in [6.07, 6.45) is 3.08. The number of amides is 2. The highest BCUT2D eigenvalue weighted by Gasteiger charge is 2.16. The van der Waals surface area contributed by atoms with Crippen molar-refractivity contribution in [1.82, 2.24) is 10.6 Å². The van der Waals surface area contributed by atoms with Crippen molar-refractivity contribution in [2.24, 2.45) is 0 Å². The predicted molar refractivity (Wildman–Crippen MR) is 94.1 cm³/mol. The maximum atomic E-state index is 12.1. The summed E-state index contributed by atoms with van der Waals surface area (Å²) in [5.74, 6) is -0.184. The Bertz CT molecular complexity index is 556. The Labute approximate surface area is 143 Å². The van der Waals surface area contributed by atoms with E-state index >= 15 is 0 Å². The van der Waals surface area contributed by atoms with Crippen LogP contribution in [0.25, 0.3) is 0 Å². The number of benzene rings is 1. The first-order valence-corrected chi connectivity index (χ1v) is 8.61. The molecule has 1 aromatic rings. The minimum absolute atomic E-state index is 0.0834. The average Bonchev–Trinajstić information content (AvgIpc) is 3.11. The summed E-state index contributed by atoms with van der Waals surface area (Å²) in [4.78, 5) is 24.0. The molecule has 24 heavy (non-hydrogen) atoms. The van der Waals surface area contributed by atoms with Crippen LogP contribution < -0.4 is 16.0 Å². The zero-order chi connectivity index (χ0) is 17.4. The molecule has 6 nitrogen and oxygen atoms in total. The highest BCUT2D eigenvalue weighted by atomic mass is 16.5. The molecule has 1 aliphatic heterocycles. The summed E-state index contributed by atoms with van der Waals surface area (Å²) in [5, 5.41) is 8.84. The van der Waals surface area contributed by atoms with Crippen molar-refractivity contribution >= 4 is 17.5 Å². The molecular formula is C18H27N3O3. The molecule has 0 spiro atoms. The van der Waals surface area contributed by atoms with Crippen LogP contribution in [-0.2, 0) is 9.53 Å². The molecule has 1 fully saturated rings. The zero-order valence-corrected chi connectivity index (χ0v) is 14.4. The Morgan fingerprint density at radius 3 is 2.92 bits per heavy atom. The standard InChI is InChI=1S/C18H27N3O3/c1-3-13(2)21-18(23)14-6-4-7-15(10-14)19-12-17(22)20-11-16-8-5-9-24-16/h4,6-7,10,13,16,19H,3,5,8-9,11-12H2,1-2H3,(H,20,22)(H,21,23). The first kappa shape index (κ1) is 18.3. The molecular weight excluding hydrogens is 306 g/mol. The predicted octanol–water partition coefficient (Wildman–Crippen LogP) is 1.92. The highest BCUT2D eigenvalue weighted by Crippen LogP contribution is 2.12. The number of nitrogens with one attached hydrogen (secondary N) is 3. The van der Waals surface area contributed by atoms with Crippen LogP contribution in [0.2, 0.25) is 0 Å². The fourth-order valence-corrected chi connectivity index (χ4v) is 2.46. The summed E-state index contributed by atoms with van der Waals surface area (Å²) >= 11 is 0. The molecule has 0 aliphatic carbocycles. The highest BCUT2D eigenvalue weighted by molar-refractivity contribution is 5.95. The van der Waals surface area contributed by atoms with E-state index in [1.807, 2.05) is 19.9 Å². The molecule has 0 radical (unpaired) electrons. The second-order valence-electron chi connectivity index (χ2n) is 6.16. The number of anilines is 1. The van der Waals surface area contributed by atoms with E-state index in [2.05, 4.69) is 16.0 Å². The lowest BCUT2D eigenvalue weighted by atomic mass is 10.1. The van der Waals surface area contributed by atoms with Crippen LogP contribution in [0.5, 0.6) is 0 Å². The molecule has 3 N–H and O–H groups in total. The first-order chi connectivity index (χ1) is 11.6. The van der Waals surface area contributed by atoms with E-state index in [4.69, 9.17) is 4.74 Å². The fraction of sp³-hybridized carbons (Fsp3) is 0.556. The van der Waals surface area contributed by atoms with Gasteiger partial charge in [0.05, 0.1) is 12.6 Å². The minimum Gasteiger partial charge on any atom is -0.376 e. The lowest BCUT2D eigenvalue weighted by molar-refractivity contribution is -0.119. The van der Waals surface area contributed by atoms with E-state index in [1.165, 1.54) is 0 Å². The summed E-state index contributed by atoms with van der Waals surface area (Å²) in [7, 11) is 0. The van der Waals surface area contributed by atoms with Gasteiger partial charge in [0.25, 0.3) is 5.91 Å². The molecule has 132 valence electrons. The van der Waals surface area contributed by atoms with E-state index in [0.717, 1.165) is 31.6 Å². The Morgan fingerprint density at radius 1 is 1.38 bits per heavy atom. The van der Waals surface area contributed by atoms with Crippen molar-refractivity contribution in [2.45, 2.75) is 45.3 Å². The smallest absolute Gasteiger partial charge is 0.251 e. The van der Waals surface area contributed by atoms with Gasteiger partial charge in [-0.25, -0.2) is 0 Å². The van der Waals surface area contributed by atoms with Crippen LogP contribution in [0.4, 0.5) is 5.69 Å². The summed E-state index contributed by atoms with van der Waals surface area (Å²) in [6.45, 7) is 5.50. The number of ether oxygens (including phenoxy) is 1. The van der Waals surface area contributed by atoms with Crippen molar-refractivity contribution < 1.29 is 14.3 Å². The Hall–Kier alpha value is -2.08. The molecule has 0 saturated carbocycles. The summed E-state index contributed by atoms with van der Waals surface area (Å²) in [5.41, 5.74) is 1.33. The minimum atomic E-state index is -0.101. The van der Waals surface area contributed by atoms with Gasteiger partial charge in [0, 0.05) is 30.4 Å². The molecule has 1 aromatic carbocycles. The average molecular weight is 333 g/mol. The van der Waals surface area contributed by atoms with Gasteiger partial charge in [0.1, 0.15) is 0 Å². The third-order valence-electron chi connectivity index (χ3n) is 4.12. The molecule has 0 aromatic heterocycles. The van der Waals surface area contributed by atoms with Gasteiger partial charge in [-0.05, 0) is 44.4 Å². The molecule has 1 saturated heterocycles. The normalized spacial score (nSPS) is 18.0. The first-order valence-electron chi connectivity index (χ1n) is 8.61. The van der Waals surface area contributed by atoms with E-state index < -0.39 is 0 Å². The lowest BCUT2D eigenvalue weighted by Gasteiger charge is -2.13. The van der Waals surface area contributed by atoms with Crippen molar-refractivity contribution in [1.29, 1.82) is 0 Å². The van der Waals surface area contributed by atoms with Gasteiger partial charge in [-0.2, -0.15) is 0 Å². The Kier molecular flexibility index (Phi) is 7.06. The van der Waals surface area contributed by atoms with Crippen molar-refractivity contribution in [3.63, 3.8) is 0 Å². The topological polar surface area (TPSA) is 79.5 Å². The van der Waals surface area contributed by atoms with Gasteiger partial charge >= 0.3 is 0 Å². The van der Waals surface area contributed by atoms with Crippen LogP contribution in [-0.4, -0.2) is 43.7 Å². The molecule has 2 unspecified atom stereocenters. The van der Waals surface area contributed by atoms with E-state index in [-0.39, 0.29) is 30.5 Å². The third-order valence-corrected chi connectivity index (χ3v) is 4.12. The van der Waals surface area contributed by atoms with Crippen molar-refractivity contribution in [2.75, 3.05) is 25.0 Å². The fourth-order valence-electron chi connectivity index (χ4n) is 2.46. The molecule has 1 aliphatic rings. The summed E-state index contributed by atoms with van der Waals surface area (Å²) in [6, 6.07) is 7.30. The second kappa shape index (κ2) is 9.27. The molecule has 6 heteroatoms. The second-order valence-corrected chi connectivity index (χ2v) is 6.16. The van der Waals surface area contributed by atoms with Crippen LogP contribution in [0, 0.1) is 0 Å². The maximum Gasteiger partial charge on any atom is 0.251 e. The Balaban J connectivity index is 1.78. The number of hydrogen-bond donors (Lipinski definition) is 3. The molecule has 2 rings (SSSR count). The monoisotopic (exact) mass is 333 g/mol. The SMILES string of the molecule is CCC(C)NC(=O)c1cccc(NCC(=O)NCC2CCCO2)c1. The van der Waals surface area contributed by atoms with Gasteiger partial charge in [0.2, 0.25) is 5.91 Å². The summed E-state index contributed by atoms with van der Waals surface area (Å²) < 4.78 is 5.47. The molecule has 2 atom stereocenters.